The number of carbonyl (C=O) groups is 1. The largest absolute Gasteiger partial charge is 0.376 e. The summed E-state index contributed by atoms with van der Waals surface area (Å²) in [5.74, 6) is 0.589. The van der Waals surface area contributed by atoms with Gasteiger partial charge in [0.25, 0.3) is 0 Å². The Morgan fingerprint density at radius 3 is 2.79 bits per heavy atom. The van der Waals surface area contributed by atoms with Crippen LogP contribution in [-0.2, 0) is 16.0 Å². The Labute approximate surface area is 144 Å². The second-order valence-electron chi connectivity index (χ2n) is 5.80. The maximum absolute atomic E-state index is 11.9. The van der Waals surface area contributed by atoms with Crippen molar-refractivity contribution in [2.45, 2.75) is 32.3 Å². The predicted molar refractivity (Wildman–Crippen MR) is 96.1 cm³/mol. The lowest BCUT2D eigenvalue weighted by Crippen LogP contribution is -2.41. The smallest absolute Gasteiger partial charge is 0.241 e. The molecule has 1 amide bonds. The SMILES string of the molecule is CCNC(=NCC(=O)NCCc1ccccc1)NCC1CCCO1. The van der Waals surface area contributed by atoms with E-state index in [0.717, 1.165) is 39.0 Å². The molecule has 0 aliphatic carbocycles. The third kappa shape index (κ3) is 7.00. The van der Waals surface area contributed by atoms with Crippen molar-refractivity contribution >= 4 is 11.9 Å². The van der Waals surface area contributed by atoms with Gasteiger partial charge >= 0.3 is 0 Å². The van der Waals surface area contributed by atoms with Crippen molar-refractivity contribution in [2.24, 2.45) is 4.99 Å². The molecular weight excluding hydrogens is 304 g/mol. The van der Waals surface area contributed by atoms with Gasteiger partial charge in [0.05, 0.1) is 6.10 Å². The number of hydrogen-bond donors (Lipinski definition) is 3. The first-order chi connectivity index (χ1) is 11.8. The van der Waals surface area contributed by atoms with E-state index in [0.29, 0.717) is 12.5 Å². The van der Waals surface area contributed by atoms with Crippen LogP contribution < -0.4 is 16.0 Å². The molecule has 1 unspecified atom stereocenters. The average molecular weight is 332 g/mol. The summed E-state index contributed by atoms with van der Waals surface area (Å²) in [6.07, 6.45) is 3.26. The van der Waals surface area contributed by atoms with Crippen LogP contribution in [0.25, 0.3) is 0 Å². The highest BCUT2D eigenvalue weighted by Gasteiger charge is 2.15. The van der Waals surface area contributed by atoms with E-state index < -0.39 is 0 Å². The van der Waals surface area contributed by atoms with Crippen molar-refractivity contribution in [1.29, 1.82) is 0 Å². The average Bonchev–Trinajstić information content (AvgIpc) is 3.12. The summed E-state index contributed by atoms with van der Waals surface area (Å²) in [7, 11) is 0. The normalized spacial score (nSPS) is 17.5. The molecule has 3 N–H and O–H groups in total. The molecule has 1 aliphatic rings. The molecule has 6 heteroatoms. The van der Waals surface area contributed by atoms with Crippen LogP contribution in [0.5, 0.6) is 0 Å². The third-order valence-corrected chi connectivity index (χ3v) is 3.82. The number of carbonyl (C=O) groups excluding carboxylic acids is 1. The Hall–Kier alpha value is -2.08. The second kappa shape index (κ2) is 10.6. The van der Waals surface area contributed by atoms with E-state index in [9.17, 15) is 4.79 Å². The summed E-state index contributed by atoms with van der Waals surface area (Å²) in [4.78, 5) is 16.2. The molecule has 2 rings (SSSR count). The molecule has 0 radical (unpaired) electrons. The van der Waals surface area contributed by atoms with Crippen molar-refractivity contribution < 1.29 is 9.53 Å². The van der Waals surface area contributed by atoms with Gasteiger partial charge in [-0.25, -0.2) is 4.99 Å². The summed E-state index contributed by atoms with van der Waals surface area (Å²) < 4.78 is 5.58. The highest BCUT2D eigenvalue weighted by Crippen LogP contribution is 2.10. The molecule has 0 aromatic heterocycles. The minimum Gasteiger partial charge on any atom is -0.376 e. The van der Waals surface area contributed by atoms with Crippen LogP contribution in [0.4, 0.5) is 0 Å². The topological polar surface area (TPSA) is 74.8 Å². The van der Waals surface area contributed by atoms with Gasteiger partial charge in [-0.3, -0.25) is 4.79 Å². The van der Waals surface area contributed by atoms with Gasteiger partial charge < -0.3 is 20.7 Å². The molecule has 0 bridgehead atoms. The van der Waals surface area contributed by atoms with E-state index in [1.54, 1.807) is 0 Å². The van der Waals surface area contributed by atoms with Gasteiger partial charge in [-0.2, -0.15) is 0 Å². The number of nitrogens with zero attached hydrogens (tertiary/aromatic N) is 1. The lowest BCUT2D eigenvalue weighted by Gasteiger charge is -2.14. The minimum absolute atomic E-state index is 0.0692. The summed E-state index contributed by atoms with van der Waals surface area (Å²) in [5.41, 5.74) is 1.22. The number of hydrogen-bond acceptors (Lipinski definition) is 3. The highest BCUT2D eigenvalue weighted by molar-refractivity contribution is 5.84. The molecule has 24 heavy (non-hydrogen) atoms. The van der Waals surface area contributed by atoms with Crippen molar-refractivity contribution in [2.75, 3.05) is 32.8 Å². The van der Waals surface area contributed by atoms with Crippen LogP contribution in [0.1, 0.15) is 25.3 Å². The summed E-state index contributed by atoms with van der Waals surface area (Å²) in [6.45, 7) is 5.06. The standard InChI is InChI=1S/C18H28N4O2/c1-2-19-18(21-13-16-9-6-12-24-16)22-14-17(23)20-11-10-15-7-4-3-5-8-15/h3-5,7-8,16H,2,6,9-14H2,1H3,(H,20,23)(H2,19,21,22). The van der Waals surface area contributed by atoms with Crippen LogP contribution >= 0.6 is 0 Å². The van der Waals surface area contributed by atoms with E-state index in [-0.39, 0.29) is 18.6 Å². The van der Waals surface area contributed by atoms with Crippen LogP contribution in [0.3, 0.4) is 0 Å². The number of nitrogens with one attached hydrogen (secondary N) is 3. The lowest BCUT2D eigenvalue weighted by molar-refractivity contribution is -0.119. The first kappa shape index (κ1) is 18.3. The Kier molecular flexibility index (Phi) is 8.10. The van der Waals surface area contributed by atoms with Crippen LogP contribution in [0.2, 0.25) is 0 Å². The zero-order valence-electron chi connectivity index (χ0n) is 14.4. The maximum atomic E-state index is 11.9. The van der Waals surface area contributed by atoms with Crippen LogP contribution in [0.15, 0.2) is 35.3 Å². The molecule has 1 fully saturated rings. The molecule has 1 heterocycles. The van der Waals surface area contributed by atoms with Gasteiger partial charge in [0.2, 0.25) is 5.91 Å². The highest BCUT2D eigenvalue weighted by atomic mass is 16.5. The fraction of sp³-hybridized carbons (Fsp3) is 0.556. The van der Waals surface area contributed by atoms with E-state index in [2.05, 4.69) is 33.1 Å². The molecule has 1 atom stereocenters. The van der Waals surface area contributed by atoms with E-state index in [1.807, 2.05) is 25.1 Å². The first-order valence-corrected chi connectivity index (χ1v) is 8.72. The number of amides is 1. The van der Waals surface area contributed by atoms with Gasteiger partial charge in [0.1, 0.15) is 6.54 Å². The molecule has 0 spiro atoms. The molecule has 1 aliphatic heterocycles. The Morgan fingerprint density at radius 2 is 2.08 bits per heavy atom. The number of rotatable bonds is 8. The van der Waals surface area contributed by atoms with Gasteiger partial charge in [-0.15, -0.1) is 0 Å². The predicted octanol–water partition coefficient (Wildman–Crippen LogP) is 1.08. The maximum Gasteiger partial charge on any atom is 0.241 e. The quantitative estimate of drug-likeness (QED) is 0.492. The number of ether oxygens (including phenoxy) is 1. The number of guanidine groups is 1. The number of aliphatic imine (C=N–C) groups is 1. The van der Waals surface area contributed by atoms with Gasteiger partial charge in [-0.1, -0.05) is 30.3 Å². The molecule has 1 saturated heterocycles. The van der Waals surface area contributed by atoms with Crippen molar-refractivity contribution in [1.82, 2.24) is 16.0 Å². The van der Waals surface area contributed by atoms with Crippen molar-refractivity contribution in [3.8, 4) is 0 Å². The fourth-order valence-electron chi connectivity index (χ4n) is 2.56. The molecule has 132 valence electrons. The Balaban J connectivity index is 1.67. The monoisotopic (exact) mass is 332 g/mol. The van der Waals surface area contributed by atoms with Crippen LogP contribution in [-0.4, -0.2) is 50.8 Å². The Bertz CT molecular complexity index is 513. The summed E-state index contributed by atoms with van der Waals surface area (Å²) >= 11 is 0. The van der Waals surface area contributed by atoms with E-state index >= 15 is 0 Å². The fourth-order valence-corrected chi connectivity index (χ4v) is 2.56. The van der Waals surface area contributed by atoms with Gasteiger partial charge in [0, 0.05) is 26.2 Å². The van der Waals surface area contributed by atoms with Crippen molar-refractivity contribution in [3.63, 3.8) is 0 Å². The Morgan fingerprint density at radius 1 is 1.25 bits per heavy atom. The molecule has 1 aromatic rings. The second-order valence-corrected chi connectivity index (χ2v) is 5.80. The lowest BCUT2D eigenvalue weighted by atomic mass is 10.1. The van der Waals surface area contributed by atoms with Gasteiger partial charge in [0.15, 0.2) is 5.96 Å². The van der Waals surface area contributed by atoms with Crippen molar-refractivity contribution in [3.05, 3.63) is 35.9 Å². The minimum atomic E-state index is -0.0692. The van der Waals surface area contributed by atoms with E-state index in [1.165, 1.54) is 5.56 Å². The number of benzene rings is 1. The van der Waals surface area contributed by atoms with E-state index in [4.69, 9.17) is 4.74 Å². The zero-order chi connectivity index (χ0) is 17.0. The molecule has 0 saturated carbocycles. The zero-order valence-corrected chi connectivity index (χ0v) is 14.4. The van der Waals surface area contributed by atoms with Crippen LogP contribution in [0, 0.1) is 0 Å². The molecule has 6 nitrogen and oxygen atoms in total. The first-order valence-electron chi connectivity index (χ1n) is 8.72. The molecule has 1 aromatic carbocycles. The molecular formula is C18H28N4O2. The third-order valence-electron chi connectivity index (χ3n) is 3.82. The van der Waals surface area contributed by atoms with Gasteiger partial charge in [-0.05, 0) is 31.7 Å². The summed E-state index contributed by atoms with van der Waals surface area (Å²) in [6, 6.07) is 10.1. The summed E-state index contributed by atoms with van der Waals surface area (Å²) in [5, 5.41) is 9.28.